The average Bonchev–Trinajstić information content (AvgIpc) is 2.63. The van der Waals surface area contributed by atoms with E-state index in [4.69, 9.17) is 14.2 Å². The highest BCUT2D eigenvalue weighted by Gasteiger charge is 2.48. The van der Waals surface area contributed by atoms with Gasteiger partial charge < -0.3 is 14.2 Å². The molecule has 5 heteroatoms. The number of allylic oxidation sites excluding steroid dienone is 4. The second-order valence-corrected chi connectivity index (χ2v) is 10.2. The van der Waals surface area contributed by atoms with Crippen LogP contribution in [-0.4, -0.2) is 25.8 Å². The number of carbonyl (C=O) groups is 2. The fourth-order valence-electron chi connectivity index (χ4n) is 5.05. The van der Waals surface area contributed by atoms with E-state index in [-0.39, 0.29) is 22.4 Å². The highest BCUT2D eigenvalue weighted by Crippen LogP contribution is 2.54. The zero-order valence-corrected chi connectivity index (χ0v) is 18.7. The maximum atomic E-state index is 13.3. The van der Waals surface area contributed by atoms with Gasteiger partial charge in [-0.1, -0.05) is 27.7 Å². The van der Waals surface area contributed by atoms with Crippen LogP contribution in [0.15, 0.2) is 40.9 Å². The van der Waals surface area contributed by atoms with Crippen molar-refractivity contribution in [3.63, 3.8) is 0 Å². The van der Waals surface area contributed by atoms with Crippen molar-refractivity contribution in [1.29, 1.82) is 0 Å². The van der Waals surface area contributed by atoms with Gasteiger partial charge in [0.2, 0.25) is 0 Å². The number of methoxy groups -OCH3 is 2. The van der Waals surface area contributed by atoms with E-state index in [2.05, 4.69) is 27.7 Å². The Morgan fingerprint density at radius 1 is 0.833 bits per heavy atom. The summed E-state index contributed by atoms with van der Waals surface area (Å²) in [5.74, 6) is 2.30. The van der Waals surface area contributed by atoms with Crippen LogP contribution in [-0.2, 0) is 14.3 Å². The van der Waals surface area contributed by atoms with Crippen molar-refractivity contribution < 1.29 is 23.8 Å². The van der Waals surface area contributed by atoms with E-state index in [0.29, 0.717) is 59.8 Å². The van der Waals surface area contributed by atoms with Crippen molar-refractivity contribution >= 4 is 11.6 Å². The Kier molecular flexibility index (Phi) is 4.83. The monoisotopic (exact) mass is 410 g/mol. The minimum absolute atomic E-state index is 0.0420. The lowest BCUT2D eigenvalue weighted by Crippen LogP contribution is -2.37. The van der Waals surface area contributed by atoms with Gasteiger partial charge in [-0.25, -0.2) is 0 Å². The molecule has 0 unspecified atom stereocenters. The Morgan fingerprint density at radius 2 is 1.37 bits per heavy atom. The van der Waals surface area contributed by atoms with Crippen LogP contribution < -0.4 is 9.47 Å². The molecule has 0 atom stereocenters. The van der Waals surface area contributed by atoms with Crippen LogP contribution in [0.25, 0.3) is 0 Å². The summed E-state index contributed by atoms with van der Waals surface area (Å²) in [4.78, 5) is 26.7. The molecule has 0 saturated heterocycles. The first-order chi connectivity index (χ1) is 14.0. The first-order valence-electron chi connectivity index (χ1n) is 10.5. The van der Waals surface area contributed by atoms with Gasteiger partial charge in [-0.05, 0) is 29.0 Å². The Hall–Kier alpha value is -2.56. The van der Waals surface area contributed by atoms with E-state index >= 15 is 0 Å². The van der Waals surface area contributed by atoms with Gasteiger partial charge in [0.25, 0.3) is 0 Å². The molecule has 0 amide bonds. The van der Waals surface area contributed by atoms with Gasteiger partial charge in [-0.15, -0.1) is 0 Å². The van der Waals surface area contributed by atoms with E-state index < -0.39 is 5.92 Å². The predicted molar refractivity (Wildman–Crippen MR) is 113 cm³/mol. The molecule has 5 nitrogen and oxygen atoms in total. The maximum Gasteiger partial charge on any atom is 0.163 e. The second kappa shape index (κ2) is 7.00. The van der Waals surface area contributed by atoms with Gasteiger partial charge in [0.05, 0.1) is 20.1 Å². The third-order valence-corrected chi connectivity index (χ3v) is 6.33. The van der Waals surface area contributed by atoms with Crippen LogP contribution in [0.1, 0.15) is 64.9 Å². The zero-order chi connectivity index (χ0) is 21.8. The Labute approximate surface area is 178 Å². The van der Waals surface area contributed by atoms with Crippen LogP contribution in [0.5, 0.6) is 11.5 Å². The molecule has 3 aliphatic rings. The third-order valence-electron chi connectivity index (χ3n) is 6.33. The lowest BCUT2D eigenvalue weighted by molar-refractivity contribution is -0.120. The topological polar surface area (TPSA) is 61.8 Å². The molecular formula is C25H30O5. The largest absolute Gasteiger partial charge is 0.497 e. The standard InChI is InChI=1S/C25H30O5/c1-24(2)10-16(26)22-19(12-24)30-20-13-25(3,4)11-17(27)23(20)21(22)15-9-14(28-5)7-8-18(15)29-6/h7-9,21H,10-13H2,1-6H3. The summed E-state index contributed by atoms with van der Waals surface area (Å²) in [6.07, 6.45) is 2.20. The van der Waals surface area contributed by atoms with Crippen molar-refractivity contribution in [2.45, 2.75) is 59.3 Å². The first-order valence-corrected chi connectivity index (χ1v) is 10.5. The van der Waals surface area contributed by atoms with Crippen LogP contribution in [0.2, 0.25) is 0 Å². The highest BCUT2D eigenvalue weighted by molar-refractivity contribution is 6.06. The lowest BCUT2D eigenvalue weighted by atomic mass is 9.65. The number of hydrogen-bond donors (Lipinski definition) is 0. The molecule has 30 heavy (non-hydrogen) atoms. The summed E-state index contributed by atoms with van der Waals surface area (Å²) < 4.78 is 17.4. The van der Waals surface area contributed by atoms with Crippen molar-refractivity contribution in [1.82, 2.24) is 0 Å². The van der Waals surface area contributed by atoms with E-state index in [9.17, 15) is 9.59 Å². The van der Waals surface area contributed by atoms with Crippen molar-refractivity contribution in [3.05, 3.63) is 46.4 Å². The molecule has 0 radical (unpaired) electrons. The molecule has 1 aliphatic heterocycles. The molecular weight excluding hydrogens is 380 g/mol. The van der Waals surface area contributed by atoms with E-state index in [1.165, 1.54) is 0 Å². The Morgan fingerprint density at radius 3 is 1.83 bits per heavy atom. The smallest absolute Gasteiger partial charge is 0.163 e. The summed E-state index contributed by atoms with van der Waals surface area (Å²) in [6, 6.07) is 5.53. The number of carbonyl (C=O) groups excluding carboxylic acids is 2. The van der Waals surface area contributed by atoms with Crippen molar-refractivity contribution in [3.8, 4) is 11.5 Å². The fourth-order valence-corrected chi connectivity index (χ4v) is 5.05. The molecule has 0 spiro atoms. The zero-order valence-electron chi connectivity index (χ0n) is 18.7. The van der Waals surface area contributed by atoms with Crippen LogP contribution in [0, 0.1) is 10.8 Å². The molecule has 4 rings (SSSR count). The van der Waals surface area contributed by atoms with Gasteiger partial charge in [0, 0.05) is 42.4 Å². The summed E-state index contributed by atoms with van der Waals surface area (Å²) >= 11 is 0. The van der Waals surface area contributed by atoms with Crippen LogP contribution in [0.3, 0.4) is 0 Å². The third kappa shape index (κ3) is 3.44. The Bertz CT molecular complexity index is 941. The molecule has 0 fully saturated rings. The summed E-state index contributed by atoms with van der Waals surface area (Å²) in [7, 11) is 3.21. The predicted octanol–water partition coefficient (Wildman–Crippen LogP) is 5.10. The molecule has 1 aromatic carbocycles. The van der Waals surface area contributed by atoms with Gasteiger partial charge in [-0.3, -0.25) is 9.59 Å². The molecule has 2 aliphatic carbocycles. The van der Waals surface area contributed by atoms with Crippen LogP contribution in [0.4, 0.5) is 0 Å². The van der Waals surface area contributed by atoms with Crippen LogP contribution >= 0.6 is 0 Å². The van der Waals surface area contributed by atoms with E-state index in [1.54, 1.807) is 14.2 Å². The molecule has 0 aromatic heterocycles. The quantitative estimate of drug-likeness (QED) is 0.693. The minimum Gasteiger partial charge on any atom is -0.497 e. The summed E-state index contributed by atoms with van der Waals surface area (Å²) in [5, 5.41) is 0. The second-order valence-electron chi connectivity index (χ2n) is 10.2. The van der Waals surface area contributed by atoms with Gasteiger partial charge in [-0.2, -0.15) is 0 Å². The average molecular weight is 411 g/mol. The van der Waals surface area contributed by atoms with Gasteiger partial charge in [0.1, 0.15) is 23.0 Å². The molecule has 160 valence electrons. The molecule has 0 saturated carbocycles. The molecule has 1 aromatic rings. The number of rotatable bonds is 3. The number of ether oxygens (including phenoxy) is 3. The fraction of sp³-hybridized carbons (Fsp3) is 0.520. The van der Waals surface area contributed by atoms with E-state index in [1.807, 2.05) is 18.2 Å². The van der Waals surface area contributed by atoms with Crippen molar-refractivity contribution in [2.24, 2.45) is 10.8 Å². The van der Waals surface area contributed by atoms with Crippen molar-refractivity contribution in [2.75, 3.05) is 14.2 Å². The van der Waals surface area contributed by atoms with E-state index in [0.717, 1.165) is 5.56 Å². The number of hydrogen-bond acceptors (Lipinski definition) is 5. The van der Waals surface area contributed by atoms with Gasteiger partial charge in [0.15, 0.2) is 11.6 Å². The highest BCUT2D eigenvalue weighted by atomic mass is 16.5. The maximum absolute atomic E-state index is 13.3. The summed E-state index contributed by atoms with van der Waals surface area (Å²) in [5.41, 5.74) is 1.64. The number of ketones is 2. The minimum atomic E-state index is -0.485. The first kappa shape index (κ1) is 20.7. The SMILES string of the molecule is COc1ccc(OC)c(C2C3=C(CC(C)(C)CC3=O)OC3=C2C(=O)CC(C)(C)C3)c1. The molecule has 0 bridgehead atoms. The molecule has 1 heterocycles. The molecule has 0 N–H and O–H groups in total. The normalized spacial score (nSPS) is 23.0. The summed E-state index contributed by atoms with van der Waals surface area (Å²) in [6.45, 7) is 8.33. The lowest BCUT2D eigenvalue weighted by Gasteiger charge is -2.43. The Balaban J connectivity index is 1.97. The number of benzene rings is 1. The number of Topliss-reactive ketones (excluding diaryl/α,β-unsaturated/α-hetero) is 2. The van der Waals surface area contributed by atoms with Gasteiger partial charge >= 0.3 is 0 Å².